The van der Waals surface area contributed by atoms with Gasteiger partial charge in [0, 0.05) is 30.7 Å². The number of nitrogens with zero attached hydrogens (tertiary/aromatic N) is 3. The maximum Gasteiger partial charge on any atom is 0.252 e. The van der Waals surface area contributed by atoms with Crippen molar-refractivity contribution in [1.29, 1.82) is 0 Å². The molecule has 4 aromatic rings. The highest BCUT2D eigenvalue weighted by atomic mass is 16.5. The van der Waals surface area contributed by atoms with E-state index in [4.69, 9.17) is 9.26 Å². The Balaban J connectivity index is 1.56. The zero-order valence-electron chi connectivity index (χ0n) is 17.8. The molecule has 7 nitrogen and oxygen atoms in total. The number of amides is 1. The zero-order chi connectivity index (χ0) is 22.1. The normalized spacial score (nSPS) is 17.3. The van der Waals surface area contributed by atoms with Crippen LogP contribution in [-0.4, -0.2) is 27.6 Å². The van der Waals surface area contributed by atoms with Crippen LogP contribution in [0.5, 0.6) is 5.75 Å². The first-order chi connectivity index (χ1) is 15.5. The zero-order valence-corrected chi connectivity index (χ0v) is 17.8. The molecular weight excluding hydrogens is 404 g/mol. The van der Waals surface area contributed by atoms with E-state index in [1.54, 1.807) is 25.3 Å². The van der Waals surface area contributed by atoms with Crippen molar-refractivity contribution in [2.45, 2.75) is 25.8 Å². The molecule has 1 atom stereocenters. The lowest BCUT2D eigenvalue weighted by Crippen LogP contribution is -2.50. The minimum atomic E-state index is -0.807. The third kappa shape index (κ3) is 3.51. The summed E-state index contributed by atoms with van der Waals surface area (Å²) in [7, 11) is 0. The number of carbonyl (C=O) groups excluding carboxylic acids is 1. The van der Waals surface area contributed by atoms with Gasteiger partial charge in [-0.2, -0.15) is 4.98 Å². The number of hydrogen-bond acceptors (Lipinski definition) is 6. The summed E-state index contributed by atoms with van der Waals surface area (Å²) < 4.78 is 10.9. The van der Waals surface area contributed by atoms with Crippen molar-refractivity contribution in [2.75, 3.05) is 6.61 Å². The van der Waals surface area contributed by atoms with Gasteiger partial charge in [-0.1, -0.05) is 47.1 Å². The highest BCUT2D eigenvalue weighted by Crippen LogP contribution is 2.40. The van der Waals surface area contributed by atoms with E-state index < -0.39 is 5.54 Å². The van der Waals surface area contributed by atoms with Gasteiger partial charge in [-0.25, -0.2) is 0 Å². The lowest BCUT2D eigenvalue weighted by Gasteiger charge is -2.39. The van der Waals surface area contributed by atoms with E-state index in [2.05, 4.69) is 20.4 Å². The Kier molecular flexibility index (Phi) is 4.93. The van der Waals surface area contributed by atoms with Crippen molar-refractivity contribution in [3.8, 4) is 17.1 Å². The van der Waals surface area contributed by atoms with Crippen LogP contribution < -0.4 is 10.1 Å². The van der Waals surface area contributed by atoms with Crippen molar-refractivity contribution in [3.05, 3.63) is 95.1 Å². The Hall–Kier alpha value is -4.00. The number of aryl methyl sites for hydroxylation is 2. The molecule has 0 aliphatic carbocycles. The van der Waals surface area contributed by atoms with E-state index in [0.29, 0.717) is 47.3 Å². The van der Waals surface area contributed by atoms with Crippen molar-refractivity contribution in [1.82, 2.24) is 20.4 Å². The molecule has 1 aliphatic rings. The molecule has 3 heterocycles. The number of benzene rings is 2. The Labute approximate surface area is 185 Å². The van der Waals surface area contributed by atoms with Crippen LogP contribution in [0.2, 0.25) is 0 Å². The first-order valence-corrected chi connectivity index (χ1v) is 10.4. The van der Waals surface area contributed by atoms with Crippen LogP contribution in [0.25, 0.3) is 11.4 Å². The molecule has 0 saturated heterocycles. The maximum absolute atomic E-state index is 13.5. The van der Waals surface area contributed by atoms with Crippen LogP contribution in [0.15, 0.2) is 71.4 Å². The van der Waals surface area contributed by atoms with Gasteiger partial charge >= 0.3 is 0 Å². The monoisotopic (exact) mass is 426 g/mol. The Morgan fingerprint density at radius 2 is 1.91 bits per heavy atom. The SMILES string of the molecule is Cc1ccc([C@@]2(NC(=O)c3cccc(-c4noc(C)n4)c3)CCOc3cccnc32)cc1. The summed E-state index contributed by atoms with van der Waals surface area (Å²) in [5, 5.41) is 7.24. The number of rotatable bonds is 4. The molecule has 0 spiro atoms. The number of nitrogens with one attached hydrogen (secondary N) is 1. The lowest BCUT2D eigenvalue weighted by atomic mass is 9.81. The second-order valence-electron chi connectivity index (χ2n) is 7.89. The molecule has 1 N–H and O–H groups in total. The fourth-order valence-electron chi connectivity index (χ4n) is 4.06. The predicted octanol–water partition coefficient (Wildman–Crippen LogP) is 4.20. The summed E-state index contributed by atoms with van der Waals surface area (Å²) >= 11 is 0. The molecule has 1 aliphatic heterocycles. The molecule has 7 heteroatoms. The third-order valence-corrected chi connectivity index (χ3v) is 5.69. The number of hydrogen-bond donors (Lipinski definition) is 1. The number of ether oxygens (including phenoxy) is 1. The molecule has 2 aromatic heterocycles. The molecule has 0 saturated carbocycles. The predicted molar refractivity (Wildman–Crippen MR) is 118 cm³/mol. The molecule has 160 valence electrons. The molecule has 0 bridgehead atoms. The summed E-state index contributed by atoms with van der Waals surface area (Å²) in [5.74, 6) is 1.38. The molecule has 0 fully saturated rings. The topological polar surface area (TPSA) is 90.1 Å². The van der Waals surface area contributed by atoms with E-state index in [-0.39, 0.29) is 5.91 Å². The lowest BCUT2D eigenvalue weighted by molar-refractivity contribution is 0.0883. The van der Waals surface area contributed by atoms with Crippen LogP contribution in [0.3, 0.4) is 0 Å². The van der Waals surface area contributed by atoms with E-state index in [9.17, 15) is 4.79 Å². The van der Waals surface area contributed by atoms with Gasteiger partial charge in [0.2, 0.25) is 11.7 Å². The fraction of sp³-hybridized carbons (Fsp3) is 0.200. The van der Waals surface area contributed by atoms with E-state index in [1.165, 1.54) is 0 Å². The highest BCUT2D eigenvalue weighted by molar-refractivity contribution is 5.96. The van der Waals surface area contributed by atoms with Gasteiger partial charge in [0.15, 0.2) is 0 Å². The molecule has 32 heavy (non-hydrogen) atoms. The van der Waals surface area contributed by atoms with E-state index >= 15 is 0 Å². The number of fused-ring (bicyclic) bond motifs is 1. The molecule has 0 radical (unpaired) electrons. The molecule has 1 amide bonds. The first-order valence-electron chi connectivity index (χ1n) is 10.4. The number of aromatic nitrogens is 3. The number of pyridine rings is 1. The van der Waals surface area contributed by atoms with Gasteiger partial charge in [0.1, 0.15) is 17.0 Å². The van der Waals surface area contributed by atoms with Crippen LogP contribution in [0.1, 0.15) is 39.5 Å². The smallest absolute Gasteiger partial charge is 0.252 e. The standard InChI is InChI=1S/C25H22N4O3/c1-16-8-10-20(11-9-16)25(12-14-31-21-7-4-13-26-22(21)25)28-24(30)19-6-3-5-18(15-19)23-27-17(2)32-29-23/h3-11,13,15H,12,14H2,1-2H3,(H,28,30)/t25-/m0/s1. The summed E-state index contributed by atoms with van der Waals surface area (Å²) in [4.78, 5) is 22.4. The Bertz CT molecular complexity index is 1280. The Morgan fingerprint density at radius 1 is 1.06 bits per heavy atom. The van der Waals surface area contributed by atoms with Crippen LogP contribution in [0, 0.1) is 13.8 Å². The molecule has 2 aromatic carbocycles. The minimum absolute atomic E-state index is 0.217. The van der Waals surface area contributed by atoms with Crippen LogP contribution >= 0.6 is 0 Å². The van der Waals surface area contributed by atoms with E-state index in [1.807, 2.05) is 55.5 Å². The quantitative estimate of drug-likeness (QED) is 0.526. The van der Waals surface area contributed by atoms with Crippen molar-refractivity contribution in [3.63, 3.8) is 0 Å². The van der Waals surface area contributed by atoms with Gasteiger partial charge < -0.3 is 14.6 Å². The summed E-state index contributed by atoms with van der Waals surface area (Å²) in [6.45, 7) is 4.24. The van der Waals surface area contributed by atoms with Gasteiger partial charge in [-0.15, -0.1) is 0 Å². The van der Waals surface area contributed by atoms with E-state index in [0.717, 1.165) is 11.1 Å². The van der Waals surface area contributed by atoms with Gasteiger partial charge in [-0.05, 0) is 36.8 Å². The van der Waals surface area contributed by atoms with Crippen molar-refractivity contribution in [2.24, 2.45) is 0 Å². The first kappa shape index (κ1) is 19.9. The van der Waals surface area contributed by atoms with Crippen LogP contribution in [0.4, 0.5) is 0 Å². The van der Waals surface area contributed by atoms with Gasteiger partial charge in [0.25, 0.3) is 5.91 Å². The number of carbonyl (C=O) groups is 1. The highest BCUT2D eigenvalue weighted by Gasteiger charge is 2.42. The minimum Gasteiger partial charge on any atom is -0.491 e. The molecular formula is C25H22N4O3. The second kappa shape index (κ2) is 7.92. The fourth-order valence-corrected chi connectivity index (χ4v) is 4.06. The van der Waals surface area contributed by atoms with Gasteiger partial charge in [-0.3, -0.25) is 9.78 Å². The largest absolute Gasteiger partial charge is 0.491 e. The summed E-state index contributed by atoms with van der Waals surface area (Å²) in [5.41, 5.74) is 3.22. The maximum atomic E-state index is 13.5. The summed E-state index contributed by atoms with van der Waals surface area (Å²) in [6, 6.07) is 19.1. The van der Waals surface area contributed by atoms with Crippen molar-refractivity contribution >= 4 is 5.91 Å². The third-order valence-electron chi connectivity index (χ3n) is 5.69. The second-order valence-corrected chi connectivity index (χ2v) is 7.89. The molecule has 0 unspecified atom stereocenters. The Morgan fingerprint density at radius 3 is 2.69 bits per heavy atom. The van der Waals surface area contributed by atoms with Gasteiger partial charge in [0.05, 0.1) is 6.61 Å². The summed E-state index contributed by atoms with van der Waals surface area (Å²) in [6.07, 6.45) is 2.29. The molecule has 5 rings (SSSR count). The van der Waals surface area contributed by atoms with Crippen molar-refractivity contribution < 1.29 is 14.1 Å². The average Bonchev–Trinajstić information content (AvgIpc) is 3.26. The van der Waals surface area contributed by atoms with Crippen LogP contribution in [-0.2, 0) is 5.54 Å². The average molecular weight is 426 g/mol.